The third-order valence-corrected chi connectivity index (χ3v) is 5.18. The highest BCUT2D eigenvalue weighted by atomic mass is 16.3. The minimum absolute atomic E-state index is 0.0859. The van der Waals surface area contributed by atoms with E-state index in [1.807, 2.05) is 54.6 Å². The van der Waals surface area contributed by atoms with Gasteiger partial charge in [-0.05, 0) is 37.1 Å². The second-order valence-corrected chi connectivity index (χ2v) is 6.72. The van der Waals surface area contributed by atoms with Crippen molar-refractivity contribution in [3.8, 4) is 11.5 Å². The van der Waals surface area contributed by atoms with Crippen LogP contribution in [-0.2, 0) is 6.54 Å². The lowest BCUT2D eigenvalue weighted by atomic mass is 10.0. The fourth-order valence-electron chi connectivity index (χ4n) is 3.97. The highest BCUT2D eigenvalue weighted by Crippen LogP contribution is 2.48. The quantitative estimate of drug-likeness (QED) is 0.726. The molecule has 4 rings (SSSR count). The molecule has 0 unspecified atom stereocenters. The summed E-state index contributed by atoms with van der Waals surface area (Å²) in [6.45, 7) is 0.666. The monoisotopic (exact) mass is 346 g/mol. The molecule has 0 radical (unpaired) electrons. The SMILES string of the molecule is Oc1ccccc1[C@@H]1CC[C@@H](c2ccccc2O)N1Cc1ccccn1. The van der Waals surface area contributed by atoms with Gasteiger partial charge >= 0.3 is 0 Å². The van der Waals surface area contributed by atoms with Crippen LogP contribution >= 0.6 is 0 Å². The van der Waals surface area contributed by atoms with E-state index in [4.69, 9.17) is 0 Å². The van der Waals surface area contributed by atoms with Gasteiger partial charge in [-0.15, -0.1) is 0 Å². The summed E-state index contributed by atoms with van der Waals surface area (Å²) in [6, 6.07) is 21.1. The molecule has 0 bridgehead atoms. The molecule has 0 spiro atoms. The first-order chi connectivity index (χ1) is 12.7. The number of likely N-dealkylation sites (tertiary alicyclic amines) is 1. The first kappa shape index (κ1) is 16.6. The molecule has 0 amide bonds. The number of phenolic OH excluding ortho intramolecular Hbond substituents is 2. The predicted octanol–water partition coefficient (Wildman–Crippen LogP) is 4.57. The van der Waals surface area contributed by atoms with Crippen LogP contribution in [0.4, 0.5) is 0 Å². The molecule has 4 nitrogen and oxygen atoms in total. The van der Waals surface area contributed by atoms with Crippen LogP contribution in [0.15, 0.2) is 72.9 Å². The van der Waals surface area contributed by atoms with E-state index in [1.54, 1.807) is 18.3 Å². The second kappa shape index (κ2) is 7.18. The zero-order chi connectivity index (χ0) is 17.9. The first-order valence-electron chi connectivity index (χ1n) is 8.95. The number of hydrogen-bond acceptors (Lipinski definition) is 4. The predicted molar refractivity (Wildman–Crippen MR) is 101 cm³/mol. The molecule has 0 saturated carbocycles. The number of nitrogens with zero attached hydrogens (tertiary/aromatic N) is 2. The molecule has 1 fully saturated rings. The van der Waals surface area contributed by atoms with Crippen LogP contribution in [0.5, 0.6) is 11.5 Å². The molecule has 1 aliphatic rings. The molecule has 0 aliphatic carbocycles. The summed E-state index contributed by atoms with van der Waals surface area (Å²) in [5, 5.41) is 20.7. The number of phenols is 2. The molecule has 26 heavy (non-hydrogen) atoms. The molecular weight excluding hydrogens is 324 g/mol. The van der Waals surface area contributed by atoms with Gasteiger partial charge in [0.15, 0.2) is 0 Å². The van der Waals surface area contributed by atoms with Crippen LogP contribution in [0.2, 0.25) is 0 Å². The third-order valence-electron chi connectivity index (χ3n) is 5.18. The van der Waals surface area contributed by atoms with Crippen LogP contribution in [-0.4, -0.2) is 20.1 Å². The number of benzene rings is 2. The summed E-state index contributed by atoms with van der Waals surface area (Å²) >= 11 is 0. The fourth-order valence-corrected chi connectivity index (χ4v) is 3.97. The largest absolute Gasteiger partial charge is 0.508 e. The highest BCUT2D eigenvalue weighted by molar-refractivity contribution is 5.39. The number of rotatable bonds is 4. The number of aromatic nitrogens is 1. The average molecular weight is 346 g/mol. The lowest BCUT2D eigenvalue weighted by molar-refractivity contribution is 0.178. The van der Waals surface area contributed by atoms with Crippen molar-refractivity contribution < 1.29 is 10.2 Å². The van der Waals surface area contributed by atoms with Crippen molar-refractivity contribution in [1.82, 2.24) is 9.88 Å². The van der Waals surface area contributed by atoms with Gasteiger partial charge in [-0.1, -0.05) is 42.5 Å². The van der Waals surface area contributed by atoms with Gasteiger partial charge in [0, 0.05) is 36.0 Å². The maximum atomic E-state index is 10.4. The number of para-hydroxylation sites is 2. The molecule has 132 valence electrons. The zero-order valence-corrected chi connectivity index (χ0v) is 14.5. The van der Waals surface area contributed by atoms with E-state index in [-0.39, 0.29) is 12.1 Å². The van der Waals surface area contributed by atoms with Crippen molar-refractivity contribution in [3.05, 3.63) is 89.7 Å². The number of pyridine rings is 1. The molecule has 2 N–H and O–H groups in total. The maximum absolute atomic E-state index is 10.4. The van der Waals surface area contributed by atoms with Gasteiger partial charge < -0.3 is 10.2 Å². The summed E-state index contributed by atoms with van der Waals surface area (Å²) in [6.07, 6.45) is 3.64. The Kier molecular flexibility index (Phi) is 4.59. The van der Waals surface area contributed by atoms with Crippen molar-refractivity contribution >= 4 is 0 Å². The van der Waals surface area contributed by atoms with E-state index >= 15 is 0 Å². The van der Waals surface area contributed by atoms with Gasteiger partial charge in [0.25, 0.3) is 0 Å². The van der Waals surface area contributed by atoms with Crippen molar-refractivity contribution in [1.29, 1.82) is 0 Å². The van der Waals surface area contributed by atoms with E-state index in [1.165, 1.54) is 0 Å². The summed E-state index contributed by atoms with van der Waals surface area (Å²) < 4.78 is 0. The Bertz CT molecular complexity index is 829. The van der Waals surface area contributed by atoms with E-state index in [0.29, 0.717) is 18.0 Å². The Morgan fingerprint density at radius 2 is 1.31 bits per heavy atom. The van der Waals surface area contributed by atoms with E-state index in [2.05, 4.69) is 9.88 Å². The Morgan fingerprint density at radius 3 is 1.81 bits per heavy atom. The normalized spacial score (nSPS) is 20.3. The average Bonchev–Trinajstić information content (AvgIpc) is 3.06. The Balaban J connectivity index is 1.73. The lowest BCUT2D eigenvalue weighted by Gasteiger charge is -2.31. The van der Waals surface area contributed by atoms with Gasteiger partial charge in [0.05, 0.1) is 5.69 Å². The van der Waals surface area contributed by atoms with E-state index < -0.39 is 0 Å². The van der Waals surface area contributed by atoms with Crippen molar-refractivity contribution in [2.24, 2.45) is 0 Å². The summed E-state index contributed by atoms with van der Waals surface area (Å²) in [5.41, 5.74) is 2.85. The standard InChI is InChI=1S/C22H22N2O2/c25-21-10-3-1-8-17(21)19-12-13-20(18-9-2-4-11-22(18)26)24(19)15-16-7-5-6-14-23-16/h1-11,14,19-20,25-26H,12-13,15H2/t19-,20-/m0/s1. The molecule has 4 heteroatoms. The molecule has 1 aromatic heterocycles. The van der Waals surface area contributed by atoms with Crippen molar-refractivity contribution in [2.45, 2.75) is 31.5 Å². The number of aromatic hydroxyl groups is 2. The molecule has 1 saturated heterocycles. The molecule has 3 aromatic rings. The van der Waals surface area contributed by atoms with Crippen LogP contribution in [0.25, 0.3) is 0 Å². The molecular formula is C22H22N2O2. The van der Waals surface area contributed by atoms with Gasteiger partial charge in [-0.3, -0.25) is 9.88 Å². The van der Waals surface area contributed by atoms with Crippen LogP contribution in [0.1, 0.15) is 41.7 Å². The second-order valence-electron chi connectivity index (χ2n) is 6.72. The molecule has 2 atom stereocenters. The molecule has 1 aliphatic heterocycles. The molecule has 2 aromatic carbocycles. The third kappa shape index (κ3) is 3.16. The van der Waals surface area contributed by atoms with E-state index in [9.17, 15) is 10.2 Å². The Hall–Kier alpha value is -2.85. The zero-order valence-electron chi connectivity index (χ0n) is 14.5. The summed E-state index contributed by atoms with van der Waals surface area (Å²) in [7, 11) is 0. The fraction of sp³-hybridized carbons (Fsp3) is 0.227. The summed E-state index contributed by atoms with van der Waals surface area (Å²) in [4.78, 5) is 6.82. The Morgan fingerprint density at radius 1 is 0.769 bits per heavy atom. The van der Waals surface area contributed by atoms with Crippen LogP contribution in [0, 0.1) is 0 Å². The van der Waals surface area contributed by atoms with Crippen molar-refractivity contribution in [2.75, 3.05) is 0 Å². The van der Waals surface area contributed by atoms with Crippen LogP contribution in [0.3, 0.4) is 0 Å². The summed E-state index contributed by atoms with van der Waals surface area (Å²) in [5.74, 6) is 0.642. The maximum Gasteiger partial charge on any atom is 0.120 e. The lowest BCUT2D eigenvalue weighted by Crippen LogP contribution is -2.26. The minimum Gasteiger partial charge on any atom is -0.508 e. The Labute approximate surface area is 153 Å². The van der Waals surface area contributed by atoms with Gasteiger partial charge in [0.2, 0.25) is 0 Å². The topological polar surface area (TPSA) is 56.6 Å². The van der Waals surface area contributed by atoms with Gasteiger partial charge in [0.1, 0.15) is 11.5 Å². The first-order valence-corrected chi connectivity index (χ1v) is 8.95. The van der Waals surface area contributed by atoms with Crippen molar-refractivity contribution in [3.63, 3.8) is 0 Å². The smallest absolute Gasteiger partial charge is 0.120 e. The van der Waals surface area contributed by atoms with E-state index in [0.717, 1.165) is 29.7 Å². The number of hydrogen-bond donors (Lipinski definition) is 2. The van der Waals surface area contributed by atoms with Gasteiger partial charge in [-0.25, -0.2) is 0 Å². The minimum atomic E-state index is 0.0859. The highest BCUT2D eigenvalue weighted by Gasteiger charge is 2.37. The van der Waals surface area contributed by atoms with Gasteiger partial charge in [-0.2, -0.15) is 0 Å². The van der Waals surface area contributed by atoms with Crippen LogP contribution < -0.4 is 0 Å². The molecule has 2 heterocycles.